The number of hydrogen-bond donors (Lipinski definition) is 1. The van der Waals surface area contributed by atoms with E-state index in [-0.39, 0.29) is 6.54 Å². The first kappa shape index (κ1) is 14.3. The minimum atomic E-state index is -0.508. The number of pyridine rings is 1. The largest absolute Gasteiger partial charge is 0.444 e. The van der Waals surface area contributed by atoms with Crippen molar-refractivity contribution in [3.63, 3.8) is 0 Å². The molecule has 0 radical (unpaired) electrons. The number of nitrogens with zero attached hydrogens (tertiary/aromatic N) is 1. The molecule has 0 aliphatic rings. The SMILES string of the molecule is CC(C)(C)OC(=O)NCC#Cc1cc(Cl)ccn1. The van der Waals surface area contributed by atoms with E-state index in [1.807, 2.05) is 0 Å². The van der Waals surface area contributed by atoms with Gasteiger partial charge in [-0.2, -0.15) is 0 Å². The number of alkyl carbamates (subject to hydrolysis) is 1. The standard InChI is InChI=1S/C13H15ClN2O2/c1-13(2,3)18-12(17)16-7-4-5-11-9-10(14)6-8-15-11/h6,8-9H,7H2,1-3H3,(H,16,17). The molecule has 0 bridgehead atoms. The van der Waals surface area contributed by atoms with Gasteiger partial charge in [-0.25, -0.2) is 9.78 Å². The van der Waals surface area contributed by atoms with Gasteiger partial charge in [0.2, 0.25) is 0 Å². The van der Waals surface area contributed by atoms with Gasteiger partial charge in [-0.1, -0.05) is 17.5 Å². The van der Waals surface area contributed by atoms with Crippen LogP contribution in [0.4, 0.5) is 4.79 Å². The summed E-state index contributed by atoms with van der Waals surface area (Å²) in [5, 5.41) is 3.11. The van der Waals surface area contributed by atoms with Crippen molar-refractivity contribution in [3.8, 4) is 11.8 Å². The van der Waals surface area contributed by atoms with E-state index in [1.165, 1.54) is 0 Å². The smallest absolute Gasteiger partial charge is 0.408 e. The van der Waals surface area contributed by atoms with E-state index in [0.29, 0.717) is 10.7 Å². The van der Waals surface area contributed by atoms with Gasteiger partial charge in [-0.15, -0.1) is 0 Å². The number of carbonyl (C=O) groups is 1. The highest BCUT2D eigenvalue weighted by atomic mass is 35.5. The Morgan fingerprint density at radius 1 is 1.56 bits per heavy atom. The summed E-state index contributed by atoms with van der Waals surface area (Å²) in [5.41, 5.74) is 0.0555. The molecule has 1 rings (SSSR count). The van der Waals surface area contributed by atoms with Crippen LogP contribution in [-0.4, -0.2) is 23.2 Å². The van der Waals surface area contributed by atoms with Crippen LogP contribution < -0.4 is 5.32 Å². The fourth-order valence-corrected chi connectivity index (χ4v) is 1.20. The highest BCUT2D eigenvalue weighted by Gasteiger charge is 2.14. The van der Waals surface area contributed by atoms with Crippen molar-refractivity contribution >= 4 is 17.7 Å². The predicted molar refractivity (Wildman–Crippen MR) is 70.4 cm³/mol. The third kappa shape index (κ3) is 6.12. The third-order valence-electron chi connectivity index (χ3n) is 1.66. The molecule has 1 aromatic rings. The number of aromatic nitrogens is 1. The minimum Gasteiger partial charge on any atom is -0.444 e. The number of amides is 1. The molecular formula is C13H15ClN2O2. The highest BCUT2D eigenvalue weighted by Crippen LogP contribution is 2.07. The van der Waals surface area contributed by atoms with Crippen LogP contribution in [0.2, 0.25) is 5.02 Å². The molecule has 0 unspecified atom stereocenters. The van der Waals surface area contributed by atoms with Crippen molar-refractivity contribution in [2.45, 2.75) is 26.4 Å². The zero-order chi connectivity index (χ0) is 13.6. The van der Waals surface area contributed by atoms with Crippen molar-refractivity contribution < 1.29 is 9.53 Å². The fraction of sp³-hybridized carbons (Fsp3) is 0.385. The maximum atomic E-state index is 11.3. The van der Waals surface area contributed by atoms with E-state index in [1.54, 1.807) is 39.1 Å². The zero-order valence-electron chi connectivity index (χ0n) is 10.6. The Labute approximate surface area is 112 Å². The molecule has 0 spiro atoms. The summed E-state index contributed by atoms with van der Waals surface area (Å²) in [6, 6.07) is 3.33. The summed E-state index contributed by atoms with van der Waals surface area (Å²) >= 11 is 5.78. The predicted octanol–water partition coefficient (Wildman–Crippen LogP) is 2.61. The van der Waals surface area contributed by atoms with Crippen LogP contribution in [-0.2, 0) is 4.74 Å². The molecule has 5 heteroatoms. The zero-order valence-corrected chi connectivity index (χ0v) is 11.3. The topological polar surface area (TPSA) is 51.2 Å². The average molecular weight is 267 g/mol. The normalized spacial score (nSPS) is 10.2. The van der Waals surface area contributed by atoms with Crippen molar-refractivity contribution in [1.29, 1.82) is 0 Å². The molecule has 0 fully saturated rings. The molecule has 1 heterocycles. The molecule has 1 aromatic heterocycles. The second-order valence-electron chi connectivity index (χ2n) is 4.52. The average Bonchev–Trinajstić information content (AvgIpc) is 2.22. The number of halogens is 1. The Bertz CT molecular complexity index is 484. The van der Waals surface area contributed by atoms with E-state index in [9.17, 15) is 4.79 Å². The number of nitrogens with one attached hydrogen (secondary N) is 1. The van der Waals surface area contributed by atoms with Crippen molar-refractivity contribution in [3.05, 3.63) is 29.0 Å². The first-order chi connectivity index (χ1) is 8.37. The lowest BCUT2D eigenvalue weighted by atomic mass is 10.2. The van der Waals surface area contributed by atoms with Crippen LogP contribution in [0.15, 0.2) is 18.3 Å². The van der Waals surface area contributed by atoms with Crippen LogP contribution in [0.1, 0.15) is 26.5 Å². The molecular weight excluding hydrogens is 252 g/mol. The van der Waals surface area contributed by atoms with Gasteiger partial charge >= 0.3 is 6.09 Å². The van der Waals surface area contributed by atoms with Gasteiger partial charge in [0.15, 0.2) is 0 Å². The molecule has 96 valence electrons. The highest BCUT2D eigenvalue weighted by molar-refractivity contribution is 6.30. The van der Waals surface area contributed by atoms with Crippen molar-refractivity contribution in [2.24, 2.45) is 0 Å². The van der Waals surface area contributed by atoms with Crippen LogP contribution >= 0.6 is 11.6 Å². The molecule has 4 nitrogen and oxygen atoms in total. The second-order valence-corrected chi connectivity index (χ2v) is 4.95. The van der Waals surface area contributed by atoms with E-state index in [0.717, 1.165) is 0 Å². The van der Waals surface area contributed by atoms with Crippen LogP contribution in [0, 0.1) is 11.8 Å². The number of carbonyl (C=O) groups excluding carboxylic acids is 1. The lowest BCUT2D eigenvalue weighted by Gasteiger charge is -2.18. The molecule has 0 aliphatic carbocycles. The van der Waals surface area contributed by atoms with Crippen LogP contribution in [0.3, 0.4) is 0 Å². The third-order valence-corrected chi connectivity index (χ3v) is 1.89. The quantitative estimate of drug-likeness (QED) is 0.795. The van der Waals surface area contributed by atoms with E-state index < -0.39 is 11.7 Å². The Morgan fingerprint density at radius 2 is 2.28 bits per heavy atom. The maximum Gasteiger partial charge on any atom is 0.408 e. The monoisotopic (exact) mass is 266 g/mol. The number of ether oxygens (including phenoxy) is 1. The lowest BCUT2D eigenvalue weighted by Crippen LogP contribution is -2.32. The molecule has 0 aliphatic heterocycles. The number of rotatable bonds is 1. The van der Waals surface area contributed by atoms with E-state index in [4.69, 9.17) is 16.3 Å². The Balaban J connectivity index is 2.41. The van der Waals surface area contributed by atoms with E-state index >= 15 is 0 Å². The van der Waals surface area contributed by atoms with Crippen molar-refractivity contribution in [1.82, 2.24) is 10.3 Å². The first-order valence-electron chi connectivity index (χ1n) is 5.44. The summed E-state index contributed by atoms with van der Waals surface area (Å²) in [5.74, 6) is 5.55. The van der Waals surface area contributed by atoms with Gasteiger partial charge in [0.25, 0.3) is 0 Å². The van der Waals surface area contributed by atoms with Crippen molar-refractivity contribution in [2.75, 3.05) is 6.54 Å². The molecule has 0 aromatic carbocycles. The second kappa shape index (κ2) is 6.27. The maximum absolute atomic E-state index is 11.3. The molecule has 18 heavy (non-hydrogen) atoms. The summed E-state index contributed by atoms with van der Waals surface area (Å²) in [6.07, 6.45) is 1.09. The summed E-state index contributed by atoms with van der Waals surface area (Å²) < 4.78 is 5.05. The Kier molecular flexibility index (Phi) is 4.99. The lowest BCUT2D eigenvalue weighted by molar-refractivity contribution is 0.0535. The fourth-order valence-electron chi connectivity index (χ4n) is 1.04. The van der Waals surface area contributed by atoms with Gasteiger partial charge in [0.1, 0.15) is 11.3 Å². The Hall–Kier alpha value is -1.73. The molecule has 0 atom stereocenters. The van der Waals surface area contributed by atoms with Gasteiger partial charge in [0.05, 0.1) is 6.54 Å². The number of hydrogen-bond acceptors (Lipinski definition) is 3. The van der Waals surface area contributed by atoms with Gasteiger partial charge in [-0.3, -0.25) is 0 Å². The molecule has 0 saturated carbocycles. The van der Waals surface area contributed by atoms with Crippen LogP contribution in [0.25, 0.3) is 0 Å². The molecule has 0 saturated heterocycles. The van der Waals surface area contributed by atoms with Crippen LogP contribution in [0.5, 0.6) is 0 Å². The summed E-state index contributed by atoms with van der Waals surface area (Å²) in [6.45, 7) is 5.60. The van der Waals surface area contributed by atoms with Gasteiger partial charge in [0, 0.05) is 11.2 Å². The molecule has 1 N–H and O–H groups in total. The van der Waals surface area contributed by atoms with Gasteiger partial charge < -0.3 is 10.1 Å². The van der Waals surface area contributed by atoms with Gasteiger partial charge in [-0.05, 0) is 38.8 Å². The van der Waals surface area contributed by atoms with E-state index in [2.05, 4.69) is 22.1 Å². The first-order valence-corrected chi connectivity index (χ1v) is 5.82. The molecule has 1 amide bonds. The summed E-state index contributed by atoms with van der Waals surface area (Å²) in [7, 11) is 0. The summed E-state index contributed by atoms with van der Waals surface area (Å²) in [4.78, 5) is 15.3. The Morgan fingerprint density at radius 3 is 2.89 bits per heavy atom. The minimum absolute atomic E-state index is 0.198.